The van der Waals surface area contributed by atoms with E-state index in [2.05, 4.69) is 0 Å². The van der Waals surface area contributed by atoms with Crippen LogP contribution in [0.25, 0.3) is 0 Å². The van der Waals surface area contributed by atoms with Gasteiger partial charge in [-0.15, -0.1) is 0 Å². The minimum absolute atomic E-state index is 0.0602. The van der Waals surface area contributed by atoms with Crippen LogP contribution >= 0.6 is 7.82 Å². The van der Waals surface area contributed by atoms with Crippen LogP contribution in [0.1, 0.15) is 6.92 Å². The summed E-state index contributed by atoms with van der Waals surface area (Å²) in [5, 5.41) is 8.02. The van der Waals surface area contributed by atoms with Gasteiger partial charge in [-0.1, -0.05) is 0 Å². The van der Waals surface area contributed by atoms with Gasteiger partial charge in [0.15, 0.2) is 0 Å². The Hall–Kier alpha value is 0.0300. The lowest BCUT2D eigenvalue weighted by molar-refractivity contribution is 0.273. The SMILES string of the molecule is C[C@H](N)CO.O=P(O)(O)O. The van der Waals surface area contributed by atoms with Gasteiger partial charge in [0.25, 0.3) is 0 Å². The Morgan fingerprint density at radius 1 is 1.50 bits per heavy atom. The van der Waals surface area contributed by atoms with Gasteiger partial charge in [0.05, 0.1) is 6.61 Å². The van der Waals surface area contributed by atoms with Crippen molar-refractivity contribution in [3.8, 4) is 0 Å². The van der Waals surface area contributed by atoms with Gasteiger partial charge in [-0.05, 0) is 6.92 Å². The molecule has 0 aliphatic heterocycles. The van der Waals surface area contributed by atoms with Crippen molar-refractivity contribution in [2.24, 2.45) is 5.73 Å². The highest BCUT2D eigenvalue weighted by atomic mass is 31.2. The van der Waals surface area contributed by atoms with Gasteiger partial charge in [0.1, 0.15) is 0 Å². The summed E-state index contributed by atoms with van der Waals surface area (Å²) in [7, 11) is -4.64. The molecule has 6 nitrogen and oxygen atoms in total. The lowest BCUT2D eigenvalue weighted by Crippen LogP contribution is -2.18. The average Bonchev–Trinajstić information content (AvgIpc) is 1.61. The fraction of sp³-hybridized carbons (Fsp3) is 1.00. The van der Waals surface area contributed by atoms with Gasteiger partial charge in [-0.3, -0.25) is 0 Å². The predicted octanol–water partition coefficient (Wildman–Crippen LogP) is -1.60. The topological polar surface area (TPSA) is 124 Å². The number of hydrogen-bond acceptors (Lipinski definition) is 3. The van der Waals surface area contributed by atoms with Crippen LogP contribution in [0.5, 0.6) is 0 Å². The van der Waals surface area contributed by atoms with Crippen molar-refractivity contribution in [2.75, 3.05) is 6.61 Å². The van der Waals surface area contributed by atoms with Crippen molar-refractivity contribution in [1.29, 1.82) is 0 Å². The largest absolute Gasteiger partial charge is 0.466 e. The molecule has 0 amide bonds. The fourth-order valence-corrected chi connectivity index (χ4v) is 0. The van der Waals surface area contributed by atoms with E-state index in [1.165, 1.54) is 0 Å². The molecular formula is C3H12NO5P. The van der Waals surface area contributed by atoms with Crippen molar-refractivity contribution in [3.05, 3.63) is 0 Å². The third-order valence-corrected chi connectivity index (χ3v) is 0.288. The molecule has 0 aliphatic rings. The Bertz CT molecular complexity index is 101. The molecule has 0 unspecified atom stereocenters. The number of phosphoric acid groups is 1. The highest BCUT2D eigenvalue weighted by molar-refractivity contribution is 7.45. The fourth-order valence-electron chi connectivity index (χ4n) is 0. The van der Waals surface area contributed by atoms with E-state index in [0.29, 0.717) is 0 Å². The summed E-state index contributed by atoms with van der Waals surface area (Å²) in [4.78, 5) is 21.6. The highest BCUT2D eigenvalue weighted by Gasteiger charge is 2.00. The van der Waals surface area contributed by atoms with Gasteiger partial charge in [-0.25, -0.2) is 4.57 Å². The van der Waals surface area contributed by atoms with Crippen molar-refractivity contribution < 1.29 is 24.4 Å². The lowest BCUT2D eigenvalue weighted by atomic mass is 10.4. The smallest absolute Gasteiger partial charge is 0.395 e. The zero-order chi connectivity index (χ0) is 8.78. The van der Waals surface area contributed by atoms with Crippen molar-refractivity contribution in [3.63, 3.8) is 0 Å². The molecule has 0 saturated heterocycles. The second kappa shape index (κ2) is 5.79. The van der Waals surface area contributed by atoms with Crippen LogP contribution in [0.3, 0.4) is 0 Å². The zero-order valence-corrected chi connectivity index (χ0v) is 6.40. The molecule has 0 aromatic rings. The predicted molar refractivity (Wildman–Crippen MR) is 35.0 cm³/mol. The molecule has 6 N–H and O–H groups in total. The summed E-state index contributed by atoms with van der Waals surface area (Å²) >= 11 is 0. The number of hydrogen-bond donors (Lipinski definition) is 5. The first-order valence-corrected chi connectivity index (χ1v) is 3.98. The second-order valence-corrected chi connectivity index (χ2v) is 2.70. The van der Waals surface area contributed by atoms with E-state index < -0.39 is 7.82 Å². The molecule has 0 heterocycles. The maximum atomic E-state index is 8.88. The first-order chi connectivity index (χ1) is 4.27. The summed E-state index contributed by atoms with van der Waals surface area (Å²) in [6.07, 6.45) is 0. The number of aliphatic hydroxyl groups is 1. The van der Waals surface area contributed by atoms with Crippen molar-refractivity contribution >= 4 is 7.82 Å². The number of aliphatic hydroxyl groups excluding tert-OH is 1. The minimum atomic E-state index is -4.64. The van der Waals surface area contributed by atoms with E-state index >= 15 is 0 Å². The molecule has 0 saturated carbocycles. The summed E-state index contributed by atoms with van der Waals surface area (Å²) in [5.74, 6) is 0. The van der Waals surface area contributed by atoms with E-state index in [4.69, 9.17) is 30.1 Å². The average molecular weight is 173 g/mol. The zero-order valence-electron chi connectivity index (χ0n) is 5.51. The molecule has 0 fully saturated rings. The summed E-state index contributed by atoms with van der Waals surface area (Å²) in [5.41, 5.74) is 5.04. The van der Waals surface area contributed by atoms with E-state index in [0.717, 1.165) is 0 Å². The molecular weight excluding hydrogens is 161 g/mol. The van der Waals surface area contributed by atoms with Crippen LogP contribution in [0.2, 0.25) is 0 Å². The van der Waals surface area contributed by atoms with E-state index in [-0.39, 0.29) is 12.6 Å². The molecule has 0 aromatic carbocycles. The lowest BCUT2D eigenvalue weighted by Gasteiger charge is -1.91. The number of nitrogens with two attached hydrogens (primary N) is 1. The Balaban J connectivity index is 0. The molecule has 0 radical (unpaired) electrons. The minimum Gasteiger partial charge on any atom is -0.395 e. The molecule has 0 aliphatic carbocycles. The molecule has 0 bridgehead atoms. The van der Waals surface area contributed by atoms with Gasteiger partial charge < -0.3 is 25.5 Å². The van der Waals surface area contributed by atoms with Crippen LogP contribution in [0.15, 0.2) is 0 Å². The van der Waals surface area contributed by atoms with Gasteiger partial charge in [0, 0.05) is 6.04 Å². The molecule has 1 atom stereocenters. The Kier molecular flexibility index (Phi) is 7.34. The third kappa shape index (κ3) is 96.3. The Morgan fingerprint density at radius 3 is 1.60 bits per heavy atom. The van der Waals surface area contributed by atoms with Gasteiger partial charge in [0.2, 0.25) is 0 Å². The quantitative estimate of drug-likeness (QED) is 0.304. The Morgan fingerprint density at radius 2 is 1.60 bits per heavy atom. The molecule has 0 rings (SSSR count). The Labute approximate surface area is 58.5 Å². The monoisotopic (exact) mass is 173 g/mol. The molecule has 7 heteroatoms. The molecule has 64 valence electrons. The van der Waals surface area contributed by atoms with E-state index in [1.807, 2.05) is 0 Å². The second-order valence-electron chi connectivity index (χ2n) is 1.67. The standard InChI is InChI=1S/C3H9NO.H3O4P/c1-3(4)2-5;1-5(2,3)4/h3,5H,2,4H2,1H3;(H3,1,2,3,4)/t3-;/m0./s1. The highest BCUT2D eigenvalue weighted by Crippen LogP contribution is 2.25. The van der Waals surface area contributed by atoms with Gasteiger partial charge in [-0.2, -0.15) is 0 Å². The summed E-state index contributed by atoms with van der Waals surface area (Å²) < 4.78 is 8.88. The number of rotatable bonds is 1. The molecule has 0 spiro atoms. The van der Waals surface area contributed by atoms with Crippen LogP contribution in [0, 0.1) is 0 Å². The normalized spacial score (nSPS) is 13.4. The molecule has 0 aromatic heterocycles. The first kappa shape index (κ1) is 12.7. The van der Waals surface area contributed by atoms with Crippen LogP contribution in [-0.4, -0.2) is 32.4 Å². The summed E-state index contributed by atoms with van der Waals surface area (Å²) in [6.45, 7) is 1.83. The van der Waals surface area contributed by atoms with Crippen molar-refractivity contribution in [2.45, 2.75) is 13.0 Å². The molecule has 10 heavy (non-hydrogen) atoms. The van der Waals surface area contributed by atoms with Crippen LogP contribution in [0.4, 0.5) is 0 Å². The summed E-state index contributed by atoms with van der Waals surface area (Å²) in [6, 6.07) is -0.0602. The maximum absolute atomic E-state index is 8.88. The third-order valence-electron chi connectivity index (χ3n) is 0.288. The van der Waals surface area contributed by atoms with Crippen molar-refractivity contribution in [1.82, 2.24) is 0 Å². The van der Waals surface area contributed by atoms with E-state index in [1.54, 1.807) is 6.92 Å². The van der Waals surface area contributed by atoms with Gasteiger partial charge >= 0.3 is 7.82 Å². The maximum Gasteiger partial charge on any atom is 0.466 e. The van der Waals surface area contributed by atoms with Crippen LogP contribution in [-0.2, 0) is 4.57 Å². The first-order valence-electron chi connectivity index (χ1n) is 2.42. The van der Waals surface area contributed by atoms with E-state index in [9.17, 15) is 0 Å². The van der Waals surface area contributed by atoms with Crippen LogP contribution < -0.4 is 5.73 Å².